The second-order valence-electron chi connectivity index (χ2n) is 5.70. The topological polar surface area (TPSA) is 31.4 Å². The standard InChI is InChI=1S/C13H20BNO2/c1-9-10(2)15-8-7-11(9)14-16-12(3,4)13(5,6)17-14/h7-8H,1-6H3. The molecule has 4 heteroatoms. The minimum Gasteiger partial charge on any atom is -0.399 e. The zero-order valence-corrected chi connectivity index (χ0v) is 11.5. The van der Waals surface area contributed by atoms with E-state index in [0.29, 0.717) is 0 Å². The molecule has 0 amide bonds. The minimum atomic E-state index is -0.290. The van der Waals surface area contributed by atoms with E-state index in [2.05, 4.69) is 39.6 Å². The van der Waals surface area contributed by atoms with Gasteiger partial charge in [-0.1, -0.05) is 0 Å². The summed E-state index contributed by atoms with van der Waals surface area (Å²) in [4.78, 5) is 4.27. The van der Waals surface area contributed by atoms with E-state index in [9.17, 15) is 0 Å². The molecule has 0 aliphatic carbocycles. The molecule has 1 aromatic heterocycles. The van der Waals surface area contributed by atoms with Crippen molar-refractivity contribution in [1.82, 2.24) is 4.98 Å². The molecule has 92 valence electrons. The molecule has 1 aliphatic rings. The van der Waals surface area contributed by atoms with Gasteiger partial charge in [0.05, 0.1) is 11.2 Å². The highest BCUT2D eigenvalue weighted by Gasteiger charge is 2.52. The summed E-state index contributed by atoms with van der Waals surface area (Å²) >= 11 is 0. The van der Waals surface area contributed by atoms with Crippen LogP contribution in [0, 0.1) is 13.8 Å². The summed E-state index contributed by atoms with van der Waals surface area (Å²) in [5.41, 5.74) is 2.67. The lowest BCUT2D eigenvalue weighted by atomic mass is 9.76. The van der Waals surface area contributed by atoms with Crippen molar-refractivity contribution in [3.8, 4) is 0 Å². The number of pyridine rings is 1. The minimum absolute atomic E-state index is 0.290. The van der Waals surface area contributed by atoms with E-state index in [4.69, 9.17) is 9.31 Å². The summed E-state index contributed by atoms with van der Waals surface area (Å²) in [6.45, 7) is 12.3. The molecule has 1 saturated heterocycles. The molecule has 0 radical (unpaired) electrons. The van der Waals surface area contributed by atoms with Crippen LogP contribution in [0.2, 0.25) is 0 Å². The van der Waals surface area contributed by atoms with Gasteiger partial charge in [0, 0.05) is 11.9 Å². The van der Waals surface area contributed by atoms with Crippen molar-refractivity contribution in [3.63, 3.8) is 0 Å². The summed E-state index contributed by atoms with van der Waals surface area (Å²) in [5.74, 6) is 0. The quantitative estimate of drug-likeness (QED) is 0.695. The second-order valence-corrected chi connectivity index (χ2v) is 5.70. The molecule has 0 N–H and O–H groups in total. The zero-order valence-electron chi connectivity index (χ0n) is 11.5. The highest BCUT2D eigenvalue weighted by molar-refractivity contribution is 6.62. The van der Waals surface area contributed by atoms with Gasteiger partial charge in [0.15, 0.2) is 0 Å². The van der Waals surface area contributed by atoms with Crippen LogP contribution in [0.25, 0.3) is 0 Å². The lowest BCUT2D eigenvalue weighted by Crippen LogP contribution is -2.41. The maximum Gasteiger partial charge on any atom is 0.495 e. The van der Waals surface area contributed by atoms with Crippen molar-refractivity contribution in [2.75, 3.05) is 0 Å². The maximum atomic E-state index is 6.04. The Morgan fingerprint density at radius 2 is 1.59 bits per heavy atom. The van der Waals surface area contributed by atoms with Crippen molar-refractivity contribution < 1.29 is 9.31 Å². The molecule has 1 aliphatic heterocycles. The number of nitrogens with zero attached hydrogens (tertiary/aromatic N) is 1. The van der Waals surface area contributed by atoms with E-state index in [1.807, 2.05) is 19.2 Å². The van der Waals surface area contributed by atoms with Crippen LogP contribution in [0.1, 0.15) is 39.0 Å². The van der Waals surface area contributed by atoms with E-state index >= 15 is 0 Å². The monoisotopic (exact) mass is 233 g/mol. The maximum absolute atomic E-state index is 6.04. The number of aryl methyl sites for hydroxylation is 1. The summed E-state index contributed by atoms with van der Waals surface area (Å²) in [6.07, 6.45) is 1.81. The Labute approximate surface area is 104 Å². The molecule has 17 heavy (non-hydrogen) atoms. The summed E-state index contributed by atoms with van der Waals surface area (Å²) in [7, 11) is -0.290. The highest BCUT2D eigenvalue weighted by atomic mass is 16.7. The lowest BCUT2D eigenvalue weighted by molar-refractivity contribution is 0.00578. The van der Waals surface area contributed by atoms with Crippen LogP contribution in [0.3, 0.4) is 0 Å². The Bertz CT molecular complexity index is 427. The highest BCUT2D eigenvalue weighted by Crippen LogP contribution is 2.36. The molecule has 0 saturated carbocycles. The first kappa shape index (κ1) is 12.6. The van der Waals surface area contributed by atoms with E-state index in [0.717, 1.165) is 16.7 Å². The van der Waals surface area contributed by atoms with Crippen LogP contribution in [0.4, 0.5) is 0 Å². The number of aromatic nitrogens is 1. The van der Waals surface area contributed by atoms with Crippen LogP contribution in [-0.2, 0) is 9.31 Å². The van der Waals surface area contributed by atoms with E-state index in [1.54, 1.807) is 0 Å². The molecule has 2 heterocycles. The van der Waals surface area contributed by atoms with E-state index in [1.165, 1.54) is 0 Å². The second kappa shape index (κ2) is 3.82. The van der Waals surface area contributed by atoms with Gasteiger partial charge in [-0.2, -0.15) is 0 Å². The third-order valence-corrected chi connectivity index (χ3v) is 4.01. The Kier molecular flexibility index (Phi) is 2.83. The molecular weight excluding hydrogens is 213 g/mol. The van der Waals surface area contributed by atoms with Gasteiger partial charge in [-0.15, -0.1) is 0 Å². The fourth-order valence-electron chi connectivity index (χ4n) is 1.89. The normalized spacial score (nSPS) is 21.9. The Hall–Kier alpha value is -0.865. The van der Waals surface area contributed by atoms with Crippen LogP contribution in [-0.4, -0.2) is 23.3 Å². The van der Waals surface area contributed by atoms with E-state index < -0.39 is 0 Å². The summed E-state index contributed by atoms with van der Waals surface area (Å²) < 4.78 is 12.1. The first-order valence-corrected chi connectivity index (χ1v) is 6.02. The smallest absolute Gasteiger partial charge is 0.399 e. The van der Waals surface area contributed by atoms with Gasteiger partial charge in [-0.25, -0.2) is 0 Å². The van der Waals surface area contributed by atoms with Crippen molar-refractivity contribution in [3.05, 3.63) is 23.5 Å². The predicted molar refractivity (Wildman–Crippen MR) is 69.4 cm³/mol. The fourth-order valence-corrected chi connectivity index (χ4v) is 1.89. The summed E-state index contributed by atoms with van der Waals surface area (Å²) in [5, 5.41) is 0. The first-order valence-electron chi connectivity index (χ1n) is 6.02. The van der Waals surface area contributed by atoms with Gasteiger partial charge in [-0.05, 0) is 58.6 Å². The predicted octanol–water partition coefficient (Wildman–Crippen LogP) is 2.00. The molecule has 0 atom stereocenters. The van der Waals surface area contributed by atoms with Crippen molar-refractivity contribution in [2.45, 2.75) is 52.7 Å². The molecular formula is C13H20BNO2. The molecule has 3 nitrogen and oxygen atoms in total. The van der Waals surface area contributed by atoms with E-state index in [-0.39, 0.29) is 18.3 Å². The Balaban J connectivity index is 2.36. The average molecular weight is 233 g/mol. The van der Waals surface area contributed by atoms with Gasteiger partial charge in [0.2, 0.25) is 0 Å². The molecule has 1 fully saturated rings. The summed E-state index contributed by atoms with van der Waals surface area (Å²) in [6, 6.07) is 1.98. The number of hydrogen-bond donors (Lipinski definition) is 0. The van der Waals surface area contributed by atoms with Gasteiger partial charge in [0.25, 0.3) is 0 Å². The average Bonchev–Trinajstić information content (AvgIpc) is 2.40. The molecule has 1 aromatic rings. The SMILES string of the molecule is Cc1nccc(B2OC(C)(C)C(C)(C)O2)c1C. The van der Waals surface area contributed by atoms with Crippen LogP contribution in [0.15, 0.2) is 12.3 Å². The Morgan fingerprint density at radius 1 is 1.06 bits per heavy atom. The van der Waals surface area contributed by atoms with Gasteiger partial charge in [-0.3, -0.25) is 4.98 Å². The van der Waals surface area contributed by atoms with Gasteiger partial charge in [0.1, 0.15) is 0 Å². The van der Waals surface area contributed by atoms with Crippen molar-refractivity contribution >= 4 is 12.6 Å². The third-order valence-electron chi connectivity index (χ3n) is 4.01. The zero-order chi connectivity index (χ0) is 12.8. The van der Waals surface area contributed by atoms with Crippen molar-refractivity contribution in [1.29, 1.82) is 0 Å². The van der Waals surface area contributed by atoms with Crippen LogP contribution < -0.4 is 5.46 Å². The number of rotatable bonds is 1. The molecule has 0 unspecified atom stereocenters. The van der Waals surface area contributed by atoms with Gasteiger partial charge >= 0.3 is 7.12 Å². The van der Waals surface area contributed by atoms with Gasteiger partial charge < -0.3 is 9.31 Å². The van der Waals surface area contributed by atoms with Crippen LogP contribution in [0.5, 0.6) is 0 Å². The molecule has 2 rings (SSSR count). The lowest BCUT2D eigenvalue weighted by Gasteiger charge is -2.32. The first-order chi connectivity index (χ1) is 7.74. The van der Waals surface area contributed by atoms with Crippen molar-refractivity contribution in [2.24, 2.45) is 0 Å². The molecule has 0 spiro atoms. The number of hydrogen-bond acceptors (Lipinski definition) is 3. The van der Waals surface area contributed by atoms with Crippen LogP contribution >= 0.6 is 0 Å². The third kappa shape index (κ3) is 2.00. The fraction of sp³-hybridized carbons (Fsp3) is 0.615. The molecule has 0 bridgehead atoms. The Morgan fingerprint density at radius 3 is 2.12 bits per heavy atom. The molecule has 0 aromatic carbocycles. The largest absolute Gasteiger partial charge is 0.495 e.